The largest absolute Gasteiger partial charge is 0.372 e. The van der Waals surface area contributed by atoms with Crippen molar-refractivity contribution in [1.29, 1.82) is 0 Å². The number of likely N-dealkylation sites (tertiary alicyclic amines) is 1. The van der Waals surface area contributed by atoms with Crippen LogP contribution in [0.2, 0.25) is 0 Å². The third-order valence-electron chi connectivity index (χ3n) is 5.18. The molecule has 130 valence electrons. The van der Waals surface area contributed by atoms with E-state index in [1.165, 1.54) is 11.3 Å². The highest BCUT2D eigenvalue weighted by Crippen LogP contribution is 2.28. The fourth-order valence-corrected chi connectivity index (χ4v) is 3.86. The molecule has 1 aromatic rings. The van der Waals surface area contributed by atoms with Gasteiger partial charge in [0.2, 0.25) is 5.91 Å². The Morgan fingerprint density at radius 2 is 1.96 bits per heavy atom. The number of fused-ring (bicyclic) bond motifs is 1. The lowest BCUT2D eigenvalue weighted by molar-refractivity contribution is -0.139. The van der Waals surface area contributed by atoms with Gasteiger partial charge in [-0.15, -0.1) is 0 Å². The van der Waals surface area contributed by atoms with E-state index in [2.05, 4.69) is 31.0 Å². The van der Waals surface area contributed by atoms with Crippen LogP contribution in [0.15, 0.2) is 24.3 Å². The van der Waals surface area contributed by atoms with Crippen LogP contribution in [-0.2, 0) is 11.3 Å². The predicted octanol–water partition coefficient (Wildman–Crippen LogP) is 1.64. The van der Waals surface area contributed by atoms with Crippen LogP contribution in [0.3, 0.4) is 0 Å². The molecule has 3 amide bonds. The molecule has 24 heavy (non-hydrogen) atoms. The Labute approximate surface area is 143 Å². The summed E-state index contributed by atoms with van der Waals surface area (Å²) in [4.78, 5) is 30.3. The van der Waals surface area contributed by atoms with E-state index in [1.54, 1.807) is 4.90 Å². The van der Waals surface area contributed by atoms with E-state index in [9.17, 15) is 9.59 Å². The first-order chi connectivity index (χ1) is 11.5. The molecule has 6 nitrogen and oxygen atoms in total. The van der Waals surface area contributed by atoms with E-state index in [1.807, 2.05) is 17.0 Å². The van der Waals surface area contributed by atoms with Crippen molar-refractivity contribution in [1.82, 2.24) is 9.80 Å². The van der Waals surface area contributed by atoms with Gasteiger partial charge in [-0.3, -0.25) is 4.79 Å². The van der Waals surface area contributed by atoms with Crippen molar-refractivity contribution in [2.24, 2.45) is 11.7 Å². The van der Waals surface area contributed by atoms with E-state index >= 15 is 0 Å². The number of carbonyl (C=O) groups is 2. The molecule has 2 unspecified atom stereocenters. The summed E-state index contributed by atoms with van der Waals surface area (Å²) in [6.07, 6.45) is 1.65. The number of rotatable bonds is 1. The fraction of sp³-hybridized carbons (Fsp3) is 0.556. The Kier molecular flexibility index (Phi) is 4.64. The standard InChI is InChI=1S/C18H26N4O2/c1-13-10-20(2)16-8-4-3-6-14(16)12-22(13)17(23)15-7-5-9-21(11-15)18(19)24/h3-4,6,8,13,15H,5,7,9-12H2,1-2H3,(H2,19,24). The molecule has 1 fully saturated rings. The zero-order valence-electron chi connectivity index (χ0n) is 14.4. The number of nitrogens with zero attached hydrogens (tertiary/aromatic N) is 3. The summed E-state index contributed by atoms with van der Waals surface area (Å²) in [7, 11) is 2.07. The molecule has 6 heteroatoms. The van der Waals surface area contributed by atoms with Crippen molar-refractivity contribution in [2.75, 3.05) is 31.6 Å². The van der Waals surface area contributed by atoms with E-state index in [4.69, 9.17) is 5.73 Å². The molecular weight excluding hydrogens is 304 g/mol. The van der Waals surface area contributed by atoms with Gasteiger partial charge in [-0.1, -0.05) is 18.2 Å². The van der Waals surface area contributed by atoms with Crippen LogP contribution >= 0.6 is 0 Å². The lowest BCUT2D eigenvalue weighted by Gasteiger charge is -2.36. The Morgan fingerprint density at radius 3 is 2.71 bits per heavy atom. The number of hydrogen-bond donors (Lipinski definition) is 1. The molecule has 2 aliphatic heterocycles. The molecule has 0 bridgehead atoms. The lowest BCUT2D eigenvalue weighted by Crippen LogP contribution is -2.50. The second-order valence-electron chi connectivity index (χ2n) is 6.95. The first-order valence-corrected chi connectivity index (χ1v) is 8.61. The third kappa shape index (κ3) is 3.18. The number of piperidine rings is 1. The van der Waals surface area contributed by atoms with Crippen LogP contribution in [0.4, 0.5) is 10.5 Å². The Hall–Kier alpha value is -2.24. The smallest absolute Gasteiger partial charge is 0.314 e. The zero-order chi connectivity index (χ0) is 17.3. The minimum absolute atomic E-state index is 0.124. The van der Waals surface area contributed by atoms with E-state index in [-0.39, 0.29) is 17.9 Å². The number of primary amides is 1. The SMILES string of the molecule is CC1CN(C)c2ccccc2CN1C(=O)C1CCCN(C(N)=O)C1. The van der Waals surface area contributed by atoms with Crippen molar-refractivity contribution < 1.29 is 9.59 Å². The molecule has 2 N–H and O–H groups in total. The summed E-state index contributed by atoms with van der Waals surface area (Å²) in [6.45, 7) is 4.60. The van der Waals surface area contributed by atoms with Gasteiger partial charge < -0.3 is 20.4 Å². The molecule has 0 radical (unpaired) electrons. The molecule has 0 aliphatic carbocycles. The zero-order valence-corrected chi connectivity index (χ0v) is 14.4. The number of anilines is 1. The first-order valence-electron chi connectivity index (χ1n) is 8.61. The van der Waals surface area contributed by atoms with Crippen molar-refractivity contribution in [2.45, 2.75) is 32.4 Å². The summed E-state index contributed by atoms with van der Waals surface area (Å²) in [5, 5.41) is 0. The van der Waals surface area contributed by atoms with Gasteiger partial charge in [0.05, 0.1) is 5.92 Å². The van der Waals surface area contributed by atoms with Crippen molar-refractivity contribution in [3.8, 4) is 0 Å². The summed E-state index contributed by atoms with van der Waals surface area (Å²) >= 11 is 0. The molecule has 1 saturated heterocycles. The monoisotopic (exact) mass is 330 g/mol. The minimum Gasteiger partial charge on any atom is -0.372 e. The van der Waals surface area contributed by atoms with Gasteiger partial charge >= 0.3 is 6.03 Å². The number of para-hydroxylation sites is 1. The van der Waals surface area contributed by atoms with Gasteiger partial charge in [0, 0.05) is 45.0 Å². The number of carbonyl (C=O) groups excluding carboxylic acids is 2. The second kappa shape index (κ2) is 6.71. The number of nitrogens with two attached hydrogens (primary N) is 1. The normalized spacial score (nSPS) is 24.3. The third-order valence-corrected chi connectivity index (χ3v) is 5.18. The van der Waals surface area contributed by atoms with Crippen LogP contribution in [0.5, 0.6) is 0 Å². The van der Waals surface area contributed by atoms with Crippen molar-refractivity contribution in [3.05, 3.63) is 29.8 Å². The highest BCUT2D eigenvalue weighted by Gasteiger charge is 2.34. The first kappa shape index (κ1) is 16.6. The molecule has 2 atom stereocenters. The average molecular weight is 330 g/mol. The molecule has 0 spiro atoms. The molecule has 1 aromatic carbocycles. The van der Waals surface area contributed by atoms with E-state index in [0.717, 1.165) is 19.4 Å². The summed E-state index contributed by atoms with van der Waals surface area (Å²) in [5.74, 6) is -0.0113. The molecule has 0 saturated carbocycles. The lowest BCUT2D eigenvalue weighted by atomic mass is 9.96. The number of benzene rings is 1. The topological polar surface area (TPSA) is 69.9 Å². The second-order valence-corrected chi connectivity index (χ2v) is 6.95. The maximum atomic E-state index is 13.1. The predicted molar refractivity (Wildman–Crippen MR) is 93.6 cm³/mol. The van der Waals surface area contributed by atoms with Crippen LogP contribution < -0.4 is 10.6 Å². The Morgan fingerprint density at radius 1 is 1.21 bits per heavy atom. The highest BCUT2D eigenvalue weighted by atomic mass is 16.2. The Bertz CT molecular complexity index is 633. The maximum absolute atomic E-state index is 13.1. The molecule has 2 aliphatic rings. The summed E-state index contributed by atoms with van der Waals surface area (Å²) < 4.78 is 0. The van der Waals surface area contributed by atoms with Gasteiger partial charge in [0.1, 0.15) is 0 Å². The number of urea groups is 1. The average Bonchev–Trinajstić information content (AvgIpc) is 2.71. The number of amides is 3. The van der Waals surface area contributed by atoms with Crippen LogP contribution in [-0.4, -0.2) is 54.5 Å². The van der Waals surface area contributed by atoms with Gasteiger partial charge in [-0.05, 0) is 31.4 Å². The molecule has 2 heterocycles. The van der Waals surface area contributed by atoms with Gasteiger partial charge in [-0.2, -0.15) is 0 Å². The van der Waals surface area contributed by atoms with Gasteiger partial charge in [-0.25, -0.2) is 4.79 Å². The van der Waals surface area contributed by atoms with Crippen LogP contribution in [0.25, 0.3) is 0 Å². The quantitative estimate of drug-likeness (QED) is 0.851. The fourth-order valence-electron chi connectivity index (χ4n) is 3.86. The van der Waals surface area contributed by atoms with Crippen LogP contribution in [0, 0.1) is 5.92 Å². The summed E-state index contributed by atoms with van der Waals surface area (Å²) in [6, 6.07) is 7.93. The van der Waals surface area contributed by atoms with E-state index < -0.39 is 6.03 Å². The van der Waals surface area contributed by atoms with Gasteiger partial charge in [0.25, 0.3) is 0 Å². The van der Waals surface area contributed by atoms with Crippen LogP contribution in [0.1, 0.15) is 25.3 Å². The molecular formula is C18H26N4O2. The number of likely N-dealkylation sites (N-methyl/N-ethyl adjacent to an activating group) is 1. The minimum atomic E-state index is -0.429. The van der Waals surface area contributed by atoms with Gasteiger partial charge in [0.15, 0.2) is 0 Å². The van der Waals surface area contributed by atoms with Crippen molar-refractivity contribution >= 4 is 17.6 Å². The molecule has 3 rings (SSSR count). The molecule has 0 aromatic heterocycles. The summed E-state index contributed by atoms with van der Waals surface area (Å²) in [5.41, 5.74) is 7.75. The Balaban J connectivity index is 1.80. The maximum Gasteiger partial charge on any atom is 0.314 e. The van der Waals surface area contributed by atoms with Crippen molar-refractivity contribution in [3.63, 3.8) is 0 Å². The van der Waals surface area contributed by atoms with E-state index in [0.29, 0.717) is 19.6 Å². The number of hydrogen-bond acceptors (Lipinski definition) is 3. The highest BCUT2D eigenvalue weighted by molar-refractivity contribution is 5.81.